The molecule has 2 aliphatic rings. The van der Waals surface area contributed by atoms with Gasteiger partial charge in [0, 0.05) is 36.6 Å². The van der Waals surface area contributed by atoms with Gasteiger partial charge in [-0.2, -0.15) is 0 Å². The molecule has 5 rings (SSSR count). The van der Waals surface area contributed by atoms with Crippen molar-refractivity contribution in [2.75, 3.05) is 25.5 Å². The van der Waals surface area contributed by atoms with Gasteiger partial charge in [0.15, 0.2) is 5.82 Å². The van der Waals surface area contributed by atoms with Gasteiger partial charge in [0.2, 0.25) is 5.91 Å². The van der Waals surface area contributed by atoms with Gasteiger partial charge in [-0.25, -0.2) is 13.6 Å². The molecule has 2 aromatic carbocycles. The summed E-state index contributed by atoms with van der Waals surface area (Å²) < 4.78 is 33.9. The fraction of sp³-hybridized carbons (Fsp3) is 0.226. The summed E-state index contributed by atoms with van der Waals surface area (Å²) in [4.78, 5) is 44.5. The number of ether oxygens (including phenoxy) is 1. The van der Waals surface area contributed by atoms with Crippen LogP contribution in [0.2, 0.25) is 5.02 Å². The maximum absolute atomic E-state index is 14.7. The van der Waals surface area contributed by atoms with Crippen molar-refractivity contribution < 1.29 is 27.9 Å². The Bertz CT molecular complexity index is 1620. The number of methoxy groups -OCH3 is 1. The average molecular weight is 593 g/mol. The van der Waals surface area contributed by atoms with Crippen molar-refractivity contribution in [3.05, 3.63) is 100 Å². The highest BCUT2D eigenvalue weighted by Crippen LogP contribution is 2.36. The lowest BCUT2D eigenvalue weighted by Crippen LogP contribution is -2.37. The largest absolute Gasteiger partial charge is 0.453 e. The van der Waals surface area contributed by atoms with E-state index in [1.165, 1.54) is 13.2 Å². The van der Waals surface area contributed by atoms with Gasteiger partial charge in [0.05, 0.1) is 29.4 Å². The predicted octanol–water partition coefficient (Wildman–Crippen LogP) is 6.30. The van der Waals surface area contributed by atoms with Gasteiger partial charge >= 0.3 is 6.09 Å². The molecule has 1 atom stereocenters. The summed E-state index contributed by atoms with van der Waals surface area (Å²) in [6.45, 7) is 0.578. The molecule has 3 heterocycles. The minimum atomic E-state index is -0.893. The highest BCUT2D eigenvalue weighted by molar-refractivity contribution is 6.31. The molecule has 2 N–H and O–H groups in total. The van der Waals surface area contributed by atoms with Crippen LogP contribution >= 0.6 is 11.6 Å². The standard InChI is InChI=1S/C31H27ClF2N4O4/c1-42-31(41)37-20-6-7-21-18-10-13-35-25(15-18)26(5-3-2-4-12-36-30(40)22(21)17-20)38-14-11-19(16-27(38)39)28-24(33)9-8-23(32)29(28)34/h2-3,6-10,13,15-17,26H,4-5,11-12,14H2,1H3,(H,36,40)(H,37,41)/b3-2+. The van der Waals surface area contributed by atoms with E-state index in [9.17, 15) is 23.2 Å². The number of carbonyl (C=O) groups is 3. The zero-order chi connectivity index (χ0) is 29.8. The molecule has 0 radical (unpaired) electrons. The summed E-state index contributed by atoms with van der Waals surface area (Å²) >= 11 is 5.88. The molecule has 216 valence electrons. The number of amides is 3. The Hall–Kier alpha value is -4.57. The molecule has 1 aromatic heterocycles. The minimum absolute atomic E-state index is 0.208. The van der Waals surface area contributed by atoms with Crippen molar-refractivity contribution in [3.63, 3.8) is 0 Å². The molecule has 0 aliphatic carbocycles. The SMILES string of the molecule is COC(=O)Nc1ccc2c(c1)C(=O)NCC/C=C/CC(N1CCC(c3c(F)ccc(Cl)c3F)=CC1=O)c1cc-2ccn1. The third kappa shape index (κ3) is 6.03. The number of benzene rings is 2. The molecule has 8 nitrogen and oxygen atoms in total. The van der Waals surface area contributed by atoms with Crippen molar-refractivity contribution >= 4 is 40.8 Å². The molecule has 2 aliphatic heterocycles. The van der Waals surface area contributed by atoms with E-state index in [1.54, 1.807) is 35.4 Å². The molecule has 0 spiro atoms. The Balaban J connectivity index is 1.53. The van der Waals surface area contributed by atoms with E-state index < -0.39 is 29.7 Å². The molecule has 0 saturated carbocycles. The quantitative estimate of drug-likeness (QED) is 0.275. The molecule has 42 heavy (non-hydrogen) atoms. The summed E-state index contributed by atoms with van der Waals surface area (Å²) in [5, 5.41) is 5.26. The molecular formula is C31H27ClF2N4O4. The molecule has 11 heteroatoms. The fourth-order valence-electron chi connectivity index (χ4n) is 5.13. The van der Waals surface area contributed by atoms with Crippen LogP contribution < -0.4 is 10.6 Å². The summed E-state index contributed by atoms with van der Waals surface area (Å²) in [7, 11) is 1.25. The van der Waals surface area contributed by atoms with Crippen molar-refractivity contribution in [2.24, 2.45) is 0 Å². The number of nitrogens with zero attached hydrogens (tertiary/aromatic N) is 2. The van der Waals surface area contributed by atoms with E-state index in [1.807, 2.05) is 18.2 Å². The zero-order valence-corrected chi connectivity index (χ0v) is 23.4. The maximum Gasteiger partial charge on any atom is 0.411 e. The second-order valence-electron chi connectivity index (χ2n) is 9.78. The van der Waals surface area contributed by atoms with E-state index in [4.69, 9.17) is 11.6 Å². The molecule has 0 saturated heterocycles. The molecule has 2 bridgehead atoms. The van der Waals surface area contributed by atoms with Crippen molar-refractivity contribution in [1.29, 1.82) is 0 Å². The number of carbonyl (C=O) groups excluding carboxylic acids is 3. The number of aromatic nitrogens is 1. The number of hydrogen-bond acceptors (Lipinski definition) is 5. The lowest BCUT2D eigenvalue weighted by Gasteiger charge is -2.34. The van der Waals surface area contributed by atoms with Gasteiger partial charge in [0.1, 0.15) is 5.82 Å². The van der Waals surface area contributed by atoms with Crippen LogP contribution in [0.5, 0.6) is 0 Å². The van der Waals surface area contributed by atoms with Crippen LogP contribution in [0.1, 0.15) is 46.9 Å². The minimum Gasteiger partial charge on any atom is -0.453 e. The molecule has 0 fully saturated rings. The van der Waals surface area contributed by atoms with E-state index >= 15 is 0 Å². The first kappa shape index (κ1) is 28.9. The Morgan fingerprint density at radius 2 is 1.95 bits per heavy atom. The topological polar surface area (TPSA) is 101 Å². The molecule has 3 amide bonds. The Kier molecular flexibility index (Phi) is 8.63. The molecule has 1 unspecified atom stereocenters. The smallest absolute Gasteiger partial charge is 0.411 e. The van der Waals surface area contributed by atoms with Crippen LogP contribution in [0.15, 0.2) is 66.9 Å². The highest BCUT2D eigenvalue weighted by Gasteiger charge is 2.30. The summed E-state index contributed by atoms with van der Waals surface area (Å²) in [6, 6.07) is 10.3. The lowest BCUT2D eigenvalue weighted by molar-refractivity contribution is -0.128. The van der Waals surface area contributed by atoms with Crippen LogP contribution in [0.4, 0.5) is 19.3 Å². The van der Waals surface area contributed by atoms with Crippen LogP contribution in [-0.2, 0) is 9.53 Å². The van der Waals surface area contributed by atoms with Crippen molar-refractivity contribution in [2.45, 2.75) is 25.3 Å². The first-order valence-electron chi connectivity index (χ1n) is 13.3. The maximum atomic E-state index is 14.7. The monoisotopic (exact) mass is 592 g/mol. The number of pyridine rings is 1. The second-order valence-corrected chi connectivity index (χ2v) is 10.2. The van der Waals surface area contributed by atoms with Gasteiger partial charge in [-0.3, -0.25) is 19.9 Å². The highest BCUT2D eigenvalue weighted by atomic mass is 35.5. The van der Waals surface area contributed by atoms with Gasteiger partial charge in [-0.05, 0) is 72.4 Å². The zero-order valence-electron chi connectivity index (χ0n) is 22.6. The van der Waals surface area contributed by atoms with E-state index in [2.05, 4.69) is 20.4 Å². The summed E-state index contributed by atoms with van der Waals surface area (Å²) in [5.74, 6) is -2.39. The third-order valence-electron chi connectivity index (χ3n) is 7.20. The van der Waals surface area contributed by atoms with Gasteiger partial charge in [0.25, 0.3) is 5.91 Å². The van der Waals surface area contributed by atoms with E-state index in [-0.39, 0.29) is 35.0 Å². The lowest BCUT2D eigenvalue weighted by atomic mass is 9.94. The summed E-state index contributed by atoms with van der Waals surface area (Å²) in [6.07, 6.45) is 7.24. The second kappa shape index (κ2) is 12.5. The number of anilines is 1. The fourth-order valence-corrected chi connectivity index (χ4v) is 5.28. The normalized spacial score (nSPS) is 18.0. The number of halogens is 3. The molecular weight excluding hydrogens is 566 g/mol. The Morgan fingerprint density at radius 1 is 1.12 bits per heavy atom. The van der Waals surface area contributed by atoms with Gasteiger partial charge < -0.3 is 15.0 Å². The predicted molar refractivity (Wildman–Crippen MR) is 155 cm³/mol. The average Bonchev–Trinajstić information content (AvgIpc) is 2.99. The number of rotatable bonds is 3. The number of fused-ring (bicyclic) bond motifs is 4. The van der Waals surface area contributed by atoms with Crippen LogP contribution in [-0.4, -0.2) is 48.0 Å². The molecule has 3 aromatic rings. The van der Waals surface area contributed by atoms with Crippen molar-refractivity contribution in [1.82, 2.24) is 15.2 Å². The van der Waals surface area contributed by atoms with Gasteiger partial charge in [-0.15, -0.1) is 0 Å². The summed E-state index contributed by atoms with van der Waals surface area (Å²) in [5.41, 5.74) is 2.56. The van der Waals surface area contributed by atoms with Crippen molar-refractivity contribution in [3.8, 4) is 11.1 Å². The number of hydrogen-bond donors (Lipinski definition) is 2. The Labute approximate surface area is 246 Å². The van der Waals surface area contributed by atoms with Crippen LogP contribution in [0, 0.1) is 11.6 Å². The van der Waals surface area contributed by atoms with Gasteiger partial charge in [-0.1, -0.05) is 29.8 Å². The third-order valence-corrected chi connectivity index (χ3v) is 7.49. The first-order chi connectivity index (χ1) is 20.3. The number of nitrogens with one attached hydrogen (secondary N) is 2. The first-order valence-corrected chi connectivity index (χ1v) is 13.7. The van der Waals surface area contributed by atoms with E-state index in [0.717, 1.165) is 12.1 Å². The van der Waals surface area contributed by atoms with Crippen LogP contribution in [0.3, 0.4) is 0 Å². The van der Waals surface area contributed by atoms with E-state index in [0.29, 0.717) is 47.5 Å². The van der Waals surface area contributed by atoms with Crippen LogP contribution in [0.25, 0.3) is 16.7 Å². The Morgan fingerprint density at radius 3 is 2.74 bits per heavy atom.